The monoisotopic (exact) mass is 308 g/mol. The summed E-state index contributed by atoms with van der Waals surface area (Å²) in [5, 5.41) is 13.6. The van der Waals surface area contributed by atoms with Gasteiger partial charge in [0.05, 0.1) is 0 Å². The van der Waals surface area contributed by atoms with Crippen LogP contribution >= 0.6 is 0 Å². The third kappa shape index (κ3) is 5.43. The van der Waals surface area contributed by atoms with E-state index in [1.54, 1.807) is 44.2 Å². The number of para-hydroxylation sites is 1. The minimum atomic E-state index is -1.15. The SMILES string of the molecule is CC(NC(=O)[C@@H](NC(=O)Oc1ccccc1)C(C)C)C(=O)O. The van der Waals surface area contributed by atoms with Crippen LogP contribution in [0.2, 0.25) is 0 Å². The highest BCUT2D eigenvalue weighted by Gasteiger charge is 2.27. The second-order valence-corrected chi connectivity index (χ2v) is 5.14. The maximum Gasteiger partial charge on any atom is 0.413 e. The fourth-order valence-electron chi connectivity index (χ4n) is 1.65. The van der Waals surface area contributed by atoms with Crippen LogP contribution in [0.25, 0.3) is 0 Å². The van der Waals surface area contributed by atoms with Crippen LogP contribution in [0.1, 0.15) is 20.8 Å². The van der Waals surface area contributed by atoms with Gasteiger partial charge in [-0.3, -0.25) is 9.59 Å². The van der Waals surface area contributed by atoms with Crippen LogP contribution in [-0.4, -0.2) is 35.2 Å². The molecule has 0 aliphatic heterocycles. The first-order valence-electron chi connectivity index (χ1n) is 6.87. The van der Waals surface area contributed by atoms with Crippen molar-refractivity contribution in [2.24, 2.45) is 5.92 Å². The molecule has 3 N–H and O–H groups in total. The summed E-state index contributed by atoms with van der Waals surface area (Å²) in [7, 11) is 0. The summed E-state index contributed by atoms with van der Waals surface area (Å²) in [6, 6.07) is 6.49. The molecule has 1 aromatic carbocycles. The maximum atomic E-state index is 12.0. The first kappa shape index (κ1) is 17.5. The molecule has 0 radical (unpaired) electrons. The van der Waals surface area contributed by atoms with Gasteiger partial charge in [0, 0.05) is 0 Å². The highest BCUT2D eigenvalue weighted by atomic mass is 16.6. The number of carboxylic acids is 1. The number of carbonyl (C=O) groups is 3. The predicted molar refractivity (Wildman–Crippen MR) is 79.5 cm³/mol. The zero-order chi connectivity index (χ0) is 16.7. The van der Waals surface area contributed by atoms with Gasteiger partial charge in [-0.25, -0.2) is 4.79 Å². The van der Waals surface area contributed by atoms with Crippen molar-refractivity contribution in [2.75, 3.05) is 0 Å². The number of carboxylic acid groups (broad SMARTS) is 1. The van der Waals surface area contributed by atoms with Crippen LogP contribution in [-0.2, 0) is 9.59 Å². The van der Waals surface area contributed by atoms with E-state index in [9.17, 15) is 14.4 Å². The van der Waals surface area contributed by atoms with E-state index < -0.39 is 30.1 Å². The number of hydrogen-bond acceptors (Lipinski definition) is 4. The first-order valence-corrected chi connectivity index (χ1v) is 6.87. The van der Waals surface area contributed by atoms with Crippen molar-refractivity contribution in [2.45, 2.75) is 32.9 Å². The fourth-order valence-corrected chi connectivity index (χ4v) is 1.65. The second-order valence-electron chi connectivity index (χ2n) is 5.14. The molecule has 7 nitrogen and oxygen atoms in total. The van der Waals surface area contributed by atoms with Crippen molar-refractivity contribution in [3.8, 4) is 5.75 Å². The van der Waals surface area contributed by atoms with Gasteiger partial charge < -0.3 is 20.5 Å². The molecule has 0 heterocycles. The first-order chi connectivity index (χ1) is 10.3. The summed E-state index contributed by atoms with van der Waals surface area (Å²) in [5.74, 6) is -1.61. The molecule has 2 atom stereocenters. The van der Waals surface area contributed by atoms with Gasteiger partial charge >= 0.3 is 12.1 Å². The average molecular weight is 308 g/mol. The van der Waals surface area contributed by atoms with E-state index in [1.807, 2.05) is 0 Å². The number of hydrogen-bond donors (Lipinski definition) is 3. The Morgan fingerprint density at radius 3 is 2.14 bits per heavy atom. The van der Waals surface area contributed by atoms with Gasteiger partial charge in [0.1, 0.15) is 17.8 Å². The number of amides is 2. The van der Waals surface area contributed by atoms with Gasteiger partial charge in [-0.15, -0.1) is 0 Å². The van der Waals surface area contributed by atoms with Crippen molar-refractivity contribution in [3.05, 3.63) is 30.3 Å². The summed E-state index contributed by atoms with van der Waals surface area (Å²) in [4.78, 5) is 34.6. The highest BCUT2D eigenvalue weighted by Crippen LogP contribution is 2.09. The predicted octanol–water partition coefficient (Wildman–Crippen LogP) is 1.39. The summed E-state index contributed by atoms with van der Waals surface area (Å²) in [5.41, 5.74) is 0. The smallest absolute Gasteiger partial charge is 0.413 e. The number of nitrogens with one attached hydrogen (secondary N) is 2. The van der Waals surface area contributed by atoms with Crippen molar-refractivity contribution in [3.63, 3.8) is 0 Å². The number of aliphatic carboxylic acids is 1. The molecule has 0 saturated heterocycles. The Hall–Kier alpha value is -2.57. The molecule has 120 valence electrons. The quantitative estimate of drug-likeness (QED) is 0.736. The van der Waals surface area contributed by atoms with E-state index in [4.69, 9.17) is 9.84 Å². The zero-order valence-corrected chi connectivity index (χ0v) is 12.7. The van der Waals surface area contributed by atoms with Crippen LogP contribution in [0.4, 0.5) is 4.79 Å². The van der Waals surface area contributed by atoms with Crippen LogP contribution in [0.15, 0.2) is 30.3 Å². The lowest BCUT2D eigenvalue weighted by molar-refractivity contribution is -0.141. The lowest BCUT2D eigenvalue weighted by Gasteiger charge is -2.22. The van der Waals surface area contributed by atoms with Gasteiger partial charge in [-0.1, -0.05) is 32.0 Å². The zero-order valence-electron chi connectivity index (χ0n) is 12.7. The Kier molecular flexibility index (Phi) is 6.37. The largest absolute Gasteiger partial charge is 0.480 e. The van der Waals surface area contributed by atoms with Crippen molar-refractivity contribution in [1.29, 1.82) is 0 Å². The van der Waals surface area contributed by atoms with Gasteiger partial charge in [-0.2, -0.15) is 0 Å². The van der Waals surface area contributed by atoms with E-state index in [0.717, 1.165) is 0 Å². The van der Waals surface area contributed by atoms with E-state index in [0.29, 0.717) is 5.75 Å². The molecule has 0 bridgehead atoms. The van der Waals surface area contributed by atoms with Gasteiger partial charge in [0.2, 0.25) is 5.91 Å². The number of benzene rings is 1. The third-order valence-corrected chi connectivity index (χ3v) is 2.91. The Morgan fingerprint density at radius 1 is 1.05 bits per heavy atom. The van der Waals surface area contributed by atoms with Crippen LogP contribution in [0.5, 0.6) is 5.75 Å². The van der Waals surface area contributed by atoms with E-state index in [2.05, 4.69) is 10.6 Å². The van der Waals surface area contributed by atoms with Crippen molar-refractivity contribution >= 4 is 18.0 Å². The molecule has 7 heteroatoms. The van der Waals surface area contributed by atoms with Crippen molar-refractivity contribution < 1.29 is 24.2 Å². The lowest BCUT2D eigenvalue weighted by atomic mass is 10.0. The van der Waals surface area contributed by atoms with Crippen LogP contribution in [0, 0.1) is 5.92 Å². The van der Waals surface area contributed by atoms with E-state index in [-0.39, 0.29) is 5.92 Å². The molecule has 0 fully saturated rings. The lowest BCUT2D eigenvalue weighted by Crippen LogP contribution is -2.53. The molecule has 2 amide bonds. The molecule has 0 spiro atoms. The number of carbonyl (C=O) groups excluding carboxylic acids is 2. The second kappa shape index (κ2) is 8.02. The fraction of sp³-hybridized carbons (Fsp3) is 0.400. The molecular formula is C15H20N2O5. The summed E-state index contributed by atoms with van der Waals surface area (Å²) >= 11 is 0. The topological polar surface area (TPSA) is 105 Å². The maximum absolute atomic E-state index is 12.0. The van der Waals surface area contributed by atoms with Crippen LogP contribution < -0.4 is 15.4 Å². The molecule has 0 aliphatic rings. The molecule has 1 unspecified atom stereocenters. The van der Waals surface area contributed by atoms with Gasteiger partial charge in [0.25, 0.3) is 0 Å². The Bertz CT molecular complexity index is 530. The van der Waals surface area contributed by atoms with E-state index in [1.165, 1.54) is 6.92 Å². The molecule has 22 heavy (non-hydrogen) atoms. The number of ether oxygens (including phenoxy) is 1. The Morgan fingerprint density at radius 2 is 1.64 bits per heavy atom. The molecule has 0 aromatic heterocycles. The molecule has 0 aliphatic carbocycles. The minimum Gasteiger partial charge on any atom is -0.480 e. The van der Waals surface area contributed by atoms with Crippen molar-refractivity contribution in [1.82, 2.24) is 10.6 Å². The molecular weight excluding hydrogens is 288 g/mol. The Balaban J connectivity index is 2.65. The van der Waals surface area contributed by atoms with Gasteiger partial charge in [-0.05, 0) is 25.0 Å². The van der Waals surface area contributed by atoms with E-state index >= 15 is 0 Å². The average Bonchev–Trinajstić information content (AvgIpc) is 2.45. The normalized spacial score (nSPS) is 13.1. The molecule has 0 saturated carbocycles. The van der Waals surface area contributed by atoms with Crippen LogP contribution in [0.3, 0.4) is 0 Å². The Labute approximate surface area is 128 Å². The minimum absolute atomic E-state index is 0.232. The summed E-state index contributed by atoms with van der Waals surface area (Å²) in [6.07, 6.45) is -0.775. The summed E-state index contributed by atoms with van der Waals surface area (Å²) < 4.78 is 5.05. The summed E-state index contributed by atoms with van der Waals surface area (Å²) in [6.45, 7) is 4.82. The number of rotatable bonds is 6. The van der Waals surface area contributed by atoms with Gasteiger partial charge in [0.15, 0.2) is 0 Å². The standard InChI is InChI=1S/C15H20N2O5/c1-9(2)12(13(18)16-10(3)14(19)20)17-15(21)22-11-7-5-4-6-8-11/h4-10,12H,1-3H3,(H,16,18)(H,17,21)(H,19,20)/t10?,12-/m0/s1. The molecule has 1 rings (SSSR count). The third-order valence-electron chi connectivity index (χ3n) is 2.91. The molecule has 1 aromatic rings. The highest BCUT2D eigenvalue weighted by molar-refractivity contribution is 5.89.